The fourth-order valence-corrected chi connectivity index (χ4v) is 3.71. The highest BCUT2D eigenvalue weighted by atomic mass is 32.2. The van der Waals surface area contributed by atoms with E-state index in [9.17, 15) is 4.79 Å². The van der Waals surface area contributed by atoms with E-state index in [-0.39, 0.29) is 5.91 Å². The molecule has 0 N–H and O–H groups in total. The Morgan fingerprint density at radius 3 is 2.90 bits per heavy atom. The minimum atomic E-state index is 0.0166. The number of thiocarbonyl (C=S) groups is 1. The Labute approximate surface area is 125 Å². The summed E-state index contributed by atoms with van der Waals surface area (Å²) in [6, 6.07) is 10.1. The number of carbonyl (C=O) groups is 1. The minimum absolute atomic E-state index is 0.0166. The van der Waals surface area contributed by atoms with E-state index in [1.807, 2.05) is 30.3 Å². The van der Waals surface area contributed by atoms with Gasteiger partial charge in [0.2, 0.25) is 0 Å². The molecule has 1 aromatic heterocycles. The fourth-order valence-electron chi connectivity index (χ4n) is 2.33. The lowest BCUT2D eigenvalue weighted by atomic mass is 10.2. The second kappa shape index (κ2) is 4.46. The number of carbonyl (C=O) groups excluding carboxylic acids is 1. The zero-order chi connectivity index (χ0) is 13.7. The van der Waals surface area contributed by atoms with Gasteiger partial charge in [0.1, 0.15) is 15.7 Å². The number of benzene rings is 1. The molecule has 5 heteroatoms. The molecule has 1 aromatic carbocycles. The standard InChI is InChI=1S/C15H11NO2S2/c17-14-13(20-15(19)16(14)10-5-6-10)8-11-7-9-3-1-2-4-12(9)18-11/h1-4,7-8,10H,5-6H2/b13-8+. The van der Waals surface area contributed by atoms with E-state index in [0.29, 0.717) is 21.0 Å². The van der Waals surface area contributed by atoms with Crippen LogP contribution in [0.1, 0.15) is 18.6 Å². The van der Waals surface area contributed by atoms with Crippen molar-refractivity contribution in [1.82, 2.24) is 4.90 Å². The maximum Gasteiger partial charge on any atom is 0.266 e. The smallest absolute Gasteiger partial charge is 0.266 e. The van der Waals surface area contributed by atoms with Gasteiger partial charge in [-0.2, -0.15) is 0 Å². The molecule has 1 aliphatic carbocycles. The summed E-state index contributed by atoms with van der Waals surface area (Å²) >= 11 is 6.65. The molecule has 20 heavy (non-hydrogen) atoms. The molecule has 1 amide bonds. The molecular weight excluding hydrogens is 290 g/mol. The van der Waals surface area contributed by atoms with E-state index in [2.05, 4.69) is 0 Å². The van der Waals surface area contributed by atoms with Gasteiger partial charge >= 0.3 is 0 Å². The molecule has 4 rings (SSSR count). The van der Waals surface area contributed by atoms with Crippen molar-refractivity contribution in [2.45, 2.75) is 18.9 Å². The Morgan fingerprint density at radius 1 is 1.35 bits per heavy atom. The van der Waals surface area contributed by atoms with Crippen LogP contribution >= 0.6 is 24.0 Å². The summed E-state index contributed by atoms with van der Waals surface area (Å²) in [5.41, 5.74) is 0.830. The lowest BCUT2D eigenvalue weighted by molar-refractivity contribution is -0.122. The van der Waals surface area contributed by atoms with Crippen LogP contribution in [0.4, 0.5) is 0 Å². The zero-order valence-corrected chi connectivity index (χ0v) is 12.2. The van der Waals surface area contributed by atoms with Gasteiger partial charge in [-0.1, -0.05) is 42.2 Å². The molecule has 0 atom stereocenters. The monoisotopic (exact) mass is 301 g/mol. The van der Waals surface area contributed by atoms with Crippen LogP contribution in [-0.2, 0) is 4.79 Å². The first-order valence-electron chi connectivity index (χ1n) is 6.48. The average molecular weight is 301 g/mol. The third-order valence-corrected chi connectivity index (χ3v) is 4.78. The van der Waals surface area contributed by atoms with Crippen LogP contribution < -0.4 is 0 Å². The summed E-state index contributed by atoms with van der Waals surface area (Å²) in [5.74, 6) is 0.713. The van der Waals surface area contributed by atoms with Gasteiger partial charge in [0, 0.05) is 17.5 Å². The number of rotatable bonds is 2. The Hall–Kier alpha value is -1.59. The van der Waals surface area contributed by atoms with E-state index >= 15 is 0 Å². The van der Waals surface area contributed by atoms with E-state index in [4.69, 9.17) is 16.6 Å². The summed E-state index contributed by atoms with van der Waals surface area (Å²) in [4.78, 5) is 14.7. The number of hydrogen-bond acceptors (Lipinski definition) is 4. The highest BCUT2D eigenvalue weighted by Gasteiger charge is 2.42. The number of nitrogens with zero attached hydrogens (tertiary/aromatic N) is 1. The van der Waals surface area contributed by atoms with Gasteiger partial charge in [0.25, 0.3) is 5.91 Å². The maximum absolute atomic E-state index is 12.3. The van der Waals surface area contributed by atoms with Gasteiger partial charge in [-0.3, -0.25) is 9.69 Å². The first kappa shape index (κ1) is 12.2. The zero-order valence-electron chi connectivity index (χ0n) is 10.5. The van der Waals surface area contributed by atoms with Crippen molar-refractivity contribution in [3.63, 3.8) is 0 Å². The molecule has 1 saturated heterocycles. The molecule has 2 heterocycles. The van der Waals surface area contributed by atoms with Crippen LogP contribution in [0, 0.1) is 0 Å². The molecule has 2 aromatic rings. The molecule has 0 unspecified atom stereocenters. The summed E-state index contributed by atoms with van der Waals surface area (Å²) in [7, 11) is 0. The topological polar surface area (TPSA) is 33.5 Å². The van der Waals surface area contributed by atoms with Crippen LogP contribution in [0.2, 0.25) is 0 Å². The molecular formula is C15H11NO2S2. The SMILES string of the molecule is O=C1/C(=C\c2cc3ccccc3o2)SC(=S)N1C1CC1. The van der Waals surface area contributed by atoms with E-state index < -0.39 is 0 Å². The summed E-state index contributed by atoms with van der Waals surface area (Å²) in [6.07, 6.45) is 3.91. The van der Waals surface area contributed by atoms with Crippen molar-refractivity contribution in [3.05, 3.63) is 41.0 Å². The molecule has 0 bridgehead atoms. The predicted octanol–water partition coefficient (Wildman–Crippen LogP) is 3.80. The van der Waals surface area contributed by atoms with Crippen molar-refractivity contribution in [2.24, 2.45) is 0 Å². The minimum Gasteiger partial charge on any atom is -0.457 e. The molecule has 100 valence electrons. The molecule has 1 aliphatic heterocycles. The summed E-state index contributed by atoms with van der Waals surface area (Å²) in [5, 5.41) is 1.04. The van der Waals surface area contributed by atoms with E-state index in [1.165, 1.54) is 11.8 Å². The Kier molecular flexibility index (Phi) is 2.72. The average Bonchev–Trinajstić information content (AvgIpc) is 3.10. The maximum atomic E-state index is 12.3. The van der Waals surface area contributed by atoms with Crippen molar-refractivity contribution in [1.29, 1.82) is 0 Å². The molecule has 0 radical (unpaired) electrons. The predicted molar refractivity (Wildman–Crippen MR) is 84.2 cm³/mol. The normalized spacial score (nSPS) is 21.4. The van der Waals surface area contributed by atoms with E-state index in [1.54, 1.807) is 11.0 Å². The number of para-hydroxylation sites is 1. The van der Waals surface area contributed by atoms with Gasteiger partial charge in [-0.15, -0.1) is 0 Å². The van der Waals surface area contributed by atoms with Gasteiger partial charge in [-0.05, 0) is 25.0 Å². The molecule has 0 spiro atoms. The largest absolute Gasteiger partial charge is 0.457 e. The second-order valence-corrected chi connectivity index (χ2v) is 6.65. The van der Waals surface area contributed by atoms with E-state index in [0.717, 1.165) is 23.8 Å². The Bertz CT molecular complexity index is 725. The highest BCUT2D eigenvalue weighted by molar-refractivity contribution is 8.26. The lowest BCUT2D eigenvalue weighted by Crippen LogP contribution is -2.29. The van der Waals surface area contributed by atoms with Crippen LogP contribution in [0.15, 0.2) is 39.7 Å². The van der Waals surface area contributed by atoms with Crippen LogP contribution in [-0.4, -0.2) is 21.2 Å². The molecule has 3 nitrogen and oxygen atoms in total. The van der Waals surface area contributed by atoms with Gasteiger partial charge in [-0.25, -0.2) is 0 Å². The first-order chi connectivity index (χ1) is 9.72. The Morgan fingerprint density at radius 2 is 2.15 bits per heavy atom. The number of amides is 1. The fraction of sp³-hybridized carbons (Fsp3) is 0.200. The molecule has 2 aliphatic rings. The number of thioether (sulfide) groups is 1. The number of furan rings is 1. The van der Waals surface area contributed by atoms with Crippen LogP contribution in [0.5, 0.6) is 0 Å². The van der Waals surface area contributed by atoms with Gasteiger partial charge in [0.05, 0.1) is 4.91 Å². The summed E-state index contributed by atoms with van der Waals surface area (Å²) in [6.45, 7) is 0. The lowest BCUT2D eigenvalue weighted by Gasteiger charge is -2.11. The summed E-state index contributed by atoms with van der Waals surface area (Å²) < 4.78 is 6.39. The van der Waals surface area contributed by atoms with Gasteiger partial charge < -0.3 is 4.42 Å². The van der Waals surface area contributed by atoms with Crippen LogP contribution in [0.25, 0.3) is 17.0 Å². The number of fused-ring (bicyclic) bond motifs is 1. The molecule has 1 saturated carbocycles. The first-order valence-corrected chi connectivity index (χ1v) is 7.70. The van der Waals surface area contributed by atoms with Crippen LogP contribution in [0.3, 0.4) is 0 Å². The van der Waals surface area contributed by atoms with Crippen molar-refractivity contribution < 1.29 is 9.21 Å². The highest BCUT2D eigenvalue weighted by Crippen LogP contribution is 2.40. The van der Waals surface area contributed by atoms with Crippen molar-refractivity contribution in [3.8, 4) is 0 Å². The quantitative estimate of drug-likeness (QED) is 0.624. The van der Waals surface area contributed by atoms with Crippen molar-refractivity contribution in [2.75, 3.05) is 0 Å². The van der Waals surface area contributed by atoms with Gasteiger partial charge in [0.15, 0.2) is 0 Å². The third-order valence-electron chi connectivity index (χ3n) is 3.45. The third kappa shape index (κ3) is 1.98. The number of hydrogen-bond donors (Lipinski definition) is 0. The Balaban J connectivity index is 1.69. The van der Waals surface area contributed by atoms with Crippen molar-refractivity contribution >= 4 is 51.3 Å². The second-order valence-electron chi connectivity index (χ2n) is 4.97. The molecule has 2 fully saturated rings.